The van der Waals surface area contributed by atoms with Gasteiger partial charge in [-0.1, -0.05) is 13.0 Å². The van der Waals surface area contributed by atoms with E-state index >= 15 is 0 Å². The Morgan fingerprint density at radius 2 is 1.46 bits per heavy atom. The maximum atomic E-state index is 11.9. The Morgan fingerprint density at radius 1 is 0.875 bits per heavy atom. The molecule has 0 aromatic rings. The first-order chi connectivity index (χ1) is 11.2. The van der Waals surface area contributed by atoms with Gasteiger partial charge in [0, 0.05) is 33.5 Å². The van der Waals surface area contributed by atoms with Gasteiger partial charge in [-0.15, -0.1) is 0 Å². The van der Waals surface area contributed by atoms with Crippen molar-refractivity contribution in [3.05, 3.63) is 0 Å². The maximum absolute atomic E-state index is 11.9. The summed E-state index contributed by atoms with van der Waals surface area (Å²) < 4.78 is 16.7. The first-order valence-corrected chi connectivity index (χ1v) is 9.51. The fourth-order valence-electron chi connectivity index (χ4n) is 3.85. The van der Waals surface area contributed by atoms with Gasteiger partial charge in [0.25, 0.3) is 0 Å². The third-order valence-electron chi connectivity index (χ3n) is 5.51. The molecule has 0 aromatic heterocycles. The smallest absolute Gasteiger partial charge is 0.849 e. The average molecular weight is 413 g/mol. The number of hydrogen-bond acceptors (Lipinski definition) is 4. The van der Waals surface area contributed by atoms with Crippen LogP contribution in [0.1, 0.15) is 58.3 Å². The van der Waals surface area contributed by atoms with Crippen molar-refractivity contribution in [2.75, 3.05) is 33.5 Å². The van der Waals surface area contributed by atoms with Crippen LogP contribution < -0.4 is 63.3 Å². The fourth-order valence-corrected chi connectivity index (χ4v) is 3.85. The molecule has 0 bridgehead atoms. The van der Waals surface area contributed by atoms with Gasteiger partial charge in [-0.3, -0.25) is 0 Å². The summed E-state index contributed by atoms with van der Waals surface area (Å²) in [5, 5.41) is 11.9. The predicted octanol–water partition coefficient (Wildman–Crippen LogP) is -0.216. The van der Waals surface area contributed by atoms with Gasteiger partial charge in [-0.25, -0.2) is 0 Å². The number of ether oxygens (including phenoxy) is 3. The Hall–Kier alpha value is 1.65. The van der Waals surface area contributed by atoms with Gasteiger partial charge < -0.3 is 19.3 Å². The summed E-state index contributed by atoms with van der Waals surface area (Å²) in [6, 6.07) is 0. The van der Waals surface area contributed by atoms with Crippen LogP contribution in [0.15, 0.2) is 0 Å². The first-order valence-electron chi connectivity index (χ1n) is 9.51. The van der Waals surface area contributed by atoms with Crippen LogP contribution in [0.3, 0.4) is 0 Å². The van der Waals surface area contributed by atoms with Crippen molar-refractivity contribution in [2.45, 2.75) is 70.5 Å². The molecule has 2 rings (SSSR count). The summed E-state index contributed by atoms with van der Waals surface area (Å²) >= 11 is 0. The quantitative estimate of drug-likeness (QED) is 0.525. The van der Waals surface area contributed by atoms with Gasteiger partial charge in [0.15, 0.2) is 0 Å². The van der Waals surface area contributed by atoms with E-state index < -0.39 is 6.10 Å². The van der Waals surface area contributed by atoms with E-state index in [1.165, 1.54) is 38.5 Å². The third-order valence-corrected chi connectivity index (χ3v) is 5.51. The molecule has 0 aromatic carbocycles. The zero-order chi connectivity index (χ0) is 16.5. The van der Waals surface area contributed by atoms with Crippen molar-refractivity contribution in [3.63, 3.8) is 0 Å². The number of methoxy groups -OCH3 is 1. The van der Waals surface area contributed by atoms with Gasteiger partial charge in [-0.05, 0) is 69.1 Å². The summed E-state index contributed by atoms with van der Waals surface area (Å²) in [6.07, 6.45) is 9.12. The molecular weight excluding hydrogens is 378 g/mol. The zero-order valence-corrected chi connectivity index (χ0v) is 20.9. The predicted molar refractivity (Wildman–Crippen MR) is 89.3 cm³/mol. The second-order valence-electron chi connectivity index (χ2n) is 7.72. The molecule has 136 valence electrons. The van der Waals surface area contributed by atoms with Crippen LogP contribution in [-0.4, -0.2) is 45.7 Å². The fraction of sp³-hybridized carbons (Fsp3) is 1.00. The summed E-state index contributed by atoms with van der Waals surface area (Å²) in [6.45, 7) is 4.51. The molecule has 2 saturated carbocycles. The minimum atomic E-state index is -0.737. The van der Waals surface area contributed by atoms with E-state index in [0.29, 0.717) is 25.2 Å². The van der Waals surface area contributed by atoms with Gasteiger partial charge in [0.05, 0.1) is 6.10 Å². The molecule has 0 amide bonds. The van der Waals surface area contributed by atoms with Crippen molar-refractivity contribution in [3.8, 4) is 0 Å². The molecule has 0 heterocycles. The van der Waals surface area contributed by atoms with E-state index in [4.69, 9.17) is 14.2 Å². The van der Waals surface area contributed by atoms with Gasteiger partial charge in [0.1, 0.15) is 0 Å². The Balaban J connectivity index is 0.00000288. The molecule has 4 nitrogen and oxygen atoms in total. The monoisotopic (exact) mass is 412 g/mol. The van der Waals surface area contributed by atoms with Gasteiger partial charge >= 0.3 is 58.2 Å². The van der Waals surface area contributed by atoms with E-state index in [0.717, 1.165) is 37.9 Å². The molecule has 1 unspecified atom stereocenters. The van der Waals surface area contributed by atoms with Crippen LogP contribution in [0, 0.1) is 17.8 Å². The standard InChI is InChI=1S/C19H35O4.Rb/c1-15-3-9-19(10-4-15)23-14-18(20)13-22-12-17-7-5-16(6-8-17)11-21-2;/h15-19H,3-14H2,1-2H3;/q-1;+1. The summed E-state index contributed by atoms with van der Waals surface area (Å²) in [4.78, 5) is 0. The maximum Gasteiger partial charge on any atom is 1.00 e. The largest absolute Gasteiger partial charge is 1.00 e. The van der Waals surface area contributed by atoms with Crippen molar-refractivity contribution in [1.29, 1.82) is 0 Å². The number of rotatable bonds is 9. The summed E-state index contributed by atoms with van der Waals surface area (Å²) in [5.74, 6) is 2.16. The Morgan fingerprint density at radius 3 is 2.04 bits per heavy atom. The molecule has 0 saturated heterocycles. The first kappa shape index (κ1) is 23.7. The molecule has 24 heavy (non-hydrogen) atoms. The molecule has 0 N–H and O–H groups in total. The molecule has 0 aliphatic heterocycles. The minimum absolute atomic E-state index is 0. The Labute approximate surface area is 197 Å². The van der Waals surface area contributed by atoms with E-state index in [1.807, 2.05) is 0 Å². The van der Waals surface area contributed by atoms with Crippen molar-refractivity contribution >= 4 is 0 Å². The van der Waals surface area contributed by atoms with Crippen molar-refractivity contribution in [1.82, 2.24) is 0 Å². The van der Waals surface area contributed by atoms with Crippen LogP contribution in [0.25, 0.3) is 0 Å². The van der Waals surface area contributed by atoms with Crippen molar-refractivity contribution < 1.29 is 77.5 Å². The molecule has 0 radical (unpaired) electrons. The second kappa shape index (κ2) is 13.8. The Kier molecular flexibility index (Phi) is 13.6. The molecular formula is C19H35O4Rb. The summed E-state index contributed by atoms with van der Waals surface area (Å²) in [7, 11) is 1.78. The van der Waals surface area contributed by atoms with E-state index in [2.05, 4.69) is 6.92 Å². The number of hydrogen-bond donors (Lipinski definition) is 0. The third kappa shape index (κ3) is 9.54. The molecule has 2 aliphatic rings. The molecule has 5 heteroatoms. The van der Waals surface area contributed by atoms with Crippen LogP contribution in [-0.2, 0) is 14.2 Å². The minimum Gasteiger partial charge on any atom is -0.849 e. The summed E-state index contributed by atoms with van der Waals surface area (Å²) in [5.41, 5.74) is 0. The van der Waals surface area contributed by atoms with Crippen molar-refractivity contribution in [2.24, 2.45) is 17.8 Å². The zero-order valence-electron chi connectivity index (χ0n) is 16.0. The average Bonchev–Trinajstić information content (AvgIpc) is 2.56. The molecule has 2 aliphatic carbocycles. The van der Waals surface area contributed by atoms with Crippen LogP contribution in [0.4, 0.5) is 0 Å². The molecule has 1 atom stereocenters. The normalized spacial score (nSPS) is 32.1. The molecule has 2 fully saturated rings. The van der Waals surface area contributed by atoms with Crippen LogP contribution >= 0.6 is 0 Å². The molecule has 0 spiro atoms. The van der Waals surface area contributed by atoms with Crippen LogP contribution in [0.5, 0.6) is 0 Å². The second-order valence-corrected chi connectivity index (χ2v) is 7.72. The SMILES string of the molecule is COCC1CCC(COCC([O-])COC2CCC(C)CC2)CC1.[Rb+]. The topological polar surface area (TPSA) is 50.8 Å². The van der Waals surface area contributed by atoms with Crippen LogP contribution in [0.2, 0.25) is 0 Å². The van der Waals surface area contributed by atoms with E-state index in [1.54, 1.807) is 7.11 Å². The Bertz CT molecular complexity index is 300. The van der Waals surface area contributed by atoms with Gasteiger partial charge in [-0.2, -0.15) is 0 Å². The van der Waals surface area contributed by atoms with E-state index in [-0.39, 0.29) is 58.2 Å². The van der Waals surface area contributed by atoms with Gasteiger partial charge in [0.2, 0.25) is 0 Å². The van der Waals surface area contributed by atoms with E-state index in [9.17, 15) is 5.11 Å².